The number of hydrogen-bond acceptors (Lipinski definition) is 3. The van der Waals surface area contributed by atoms with Crippen LogP contribution in [0.1, 0.15) is 25.3 Å². The number of ether oxygens (including phenoxy) is 1. The number of nitrogens with zero attached hydrogens (tertiary/aromatic N) is 1. The highest BCUT2D eigenvalue weighted by atomic mass is 16.5. The molecule has 0 bridgehead atoms. The molecule has 90 valence electrons. The van der Waals surface area contributed by atoms with Gasteiger partial charge in [-0.2, -0.15) is 5.26 Å². The van der Waals surface area contributed by atoms with Crippen molar-refractivity contribution in [3.05, 3.63) is 35.9 Å². The van der Waals surface area contributed by atoms with Crippen LogP contribution in [0.3, 0.4) is 0 Å². The lowest BCUT2D eigenvalue weighted by atomic mass is 9.66. The van der Waals surface area contributed by atoms with Gasteiger partial charge in [-0.05, 0) is 25.3 Å². The second-order valence-corrected chi connectivity index (χ2v) is 4.74. The summed E-state index contributed by atoms with van der Waals surface area (Å²) >= 11 is 0. The van der Waals surface area contributed by atoms with Crippen LogP contribution in [0, 0.1) is 16.7 Å². The molecule has 1 heterocycles. The molecule has 3 nitrogen and oxygen atoms in total. The van der Waals surface area contributed by atoms with E-state index in [9.17, 15) is 10.4 Å². The van der Waals surface area contributed by atoms with Gasteiger partial charge >= 0.3 is 0 Å². The molecule has 0 saturated carbocycles. The Balaban J connectivity index is 2.39. The summed E-state index contributed by atoms with van der Waals surface area (Å²) in [5.41, 5.74) is -1.08. The van der Waals surface area contributed by atoms with Crippen LogP contribution in [0.5, 0.6) is 0 Å². The molecule has 1 atom stereocenters. The van der Waals surface area contributed by atoms with Crippen molar-refractivity contribution >= 4 is 0 Å². The summed E-state index contributed by atoms with van der Waals surface area (Å²) in [5, 5.41) is 20.3. The van der Waals surface area contributed by atoms with Crippen molar-refractivity contribution in [3.63, 3.8) is 0 Å². The van der Waals surface area contributed by atoms with Crippen LogP contribution < -0.4 is 0 Å². The van der Waals surface area contributed by atoms with Gasteiger partial charge in [-0.25, -0.2) is 0 Å². The zero-order valence-electron chi connectivity index (χ0n) is 10.0. The maximum Gasteiger partial charge on any atom is 0.106 e. The Morgan fingerprint density at radius 1 is 1.29 bits per heavy atom. The second-order valence-electron chi connectivity index (χ2n) is 4.74. The smallest absolute Gasteiger partial charge is 0.106 e. The molecule has 0 radical (unpaired) electrons. The van der Waals surface area contributed by atoms with Crippen molar-refractivity contribution in [2.24, 2.45) is 5.41 Å². The topological polar surface area (TPSA) is 53.2 Å². The lowest BCUT2D eigenvalue weighted by Crippen LogP contribution is -2.46. The monoisotopic (exact) mass is 231 g/mol. The van der Waals surface area contributed by atoms with Gasteiger partial charge in [-0.1, -0.05) is 30.3 Å². The zero-order valence-corrected chi connectivity index (χ0v) is 10.0. The zero-order chi connectivity index (χ0) is 12.4. The summed E-state index contributed by atoms with van der Waals surface area (Å²) in [5.74, 6) is 0. The van der Waals surface area contributed by atoms with E-state index in [0.717, 1.165) is 5.56 Å². The third-order valence-corrected chi connectivity index (χ3v) is 3.83. The van der Waals surface area contributed by atoms with Crippen molar-refractivity contribution in [1.82, 2.24) is 0 Å². The number of benzene rings is 1. The normalized spacial score (nSPS) is 22.4. The molecule has 1 N–H and O–H groups in total. The molecule has 0 amide bonds. The van der Waals surface area contributed by atoms with Crippen molar-refractivity contribution < 1.29 is 9.84 Å². The van der Waals surface area contributed by atoms with Crippen molar-refractivity contribution in [2.75, 3.05) is 13.2 Å². The van der Waals surface area contributed by atoms with Gasteiger partial charge in [-0.3, -0.25) is 0 Å². The maximum atomic E-state index is 10.8. The summed E-state index contributed by atoms with van der Waals surface area (Å²) in [6.45, 7) is 2.81. The predicted octanol–water partition coefficient (Wildman–Crippen LogP) is 2.21. The van der Waals surface area contributed by atoms with Gasteiger partial charge in [0.15, 0.2) is 0 Å². The molecular weight excluding hydrogens is 214 g/mol. The van der Waals surface area contributed by atoms with E-state index >= 15 is 0 Å². The molecule has 1 aliphatic rings. The fourth-order valence-electron chi connectivity index (χ4n) is 2.47. The van der Waals surface area contributed by atoms with Gasteiger partial charge in [0, 0.05) is 13.2 Å². The van der Waals surface area contributed by atoms with Crippen LogP contribution in [-0.2, 0) is 10.3 Å². The van der Waals surface area contributed by atoms with Crippen molar-refractivity contribution in [1.29, 1.82) is 5.26 Å². The highest BCUT2D eigenvalue weighted by molar-refractivity contribution is 5.28. The van der Waals surface area contributed by atoms with Crippen molar-refractivity contribution in [3.8, 4) is 6.07 Å². The van der Waals surface area contributed by atoms with Crippen LogP contribution >= 0.6 is 0 Å². The Morgan fingerprint density at radius 3 is 2.41 bits per heavy atom. The van der Waals surface area contributed by atoms with E-state index < -0.39 is 11.0 Å². The quantitative estimate of drug-likeness (QED) is 0.849. The average molecular weight is 231 g/mol. The maximum absolute atomic E-state index is 10.8. The van der Waals surface area contributed by atoms with Gasteiger partial charge in [0.2, 0.25) is 0 Å². The van der Waals surface area contributed by atoms with Gasteiger partial charge in [0.25, 0.3) is 0 Å². The minimum Gasteiger partial charge on any atom is -0.384 e. The third-order valence-electron chi connectivity index (χ3n) is 3.83. The first-order chi connectivity index (χ1) is 8.12. The highest BCUT2D eigenvalue weighted by Crippen LogP contribution is 2.46. The lowest BCUT2D eigenvalue weighted by molar-refractivity contribution is -0.0974. The fourth-order valence-corrected chi connectivity index (χ4v) is 2.47. The van der Waals surface area contributed by atoms with Crippen LogP contribution in [0.15, 0.2) is 30.3 Å². The van der Waals surface area contributed by atoms with E-state index in [1.54, 1.807) is 6.92 Å². The summed E-state index contributed by atoms with van der Waals surface area (Å²) < 4.78 is 5.30. The van der Waals surface area contributed by atoms with E-state index in [2.05, 4.69) is 6.07 Å². The Morgan fingerprint density at radius 2 is 1.88 bits per heavy atom. The molecule has 1 aliphatic heterocycles. The average Bonchev–Trinajstić information content (AvgIpc) is 2.40. The number of hydrogen-bond donors (Lipinski definition) is 1. The van der Waals surface area contributed by atoms with Crippen LogP contribution in [-0.4, -0.2) is 18.3 Å². The van der Waals surface area contributed by atoms with Gasteiger partial charge < -0.3 is 9.84 Å². The molecule has 0 aromatic heterocycles. The lowest BCUT2D eigenvalue weighted by Gasteiger charge is -2.42. The third kappa shape index (κ3) is 1.95. The largest absolute Gasteiger partial charge is 0.384 e. The molecule has 1 fully saturated rings. The van der Waals surface area contributed by atoms with E-state index in [1.807, 2.05) is 30.3 Å². The fraction of sp³-hybridized carbons (Fsp3) is 0.500. The molecule has 1 saturated heterocycles. The number of nitriles is 1. The summed E-state index contributed by atoms with van der Waals surface area (Å²) in [7, 11) is 0. The Labute approximate surface area is 102 Å². The van der Waals surface area contributed by atoms with Gasteiger partial charge in [0.05, 0.1) is 11.5 Å². The van der Waals surface area contributed by atoms with E-state index in [-0.39, 0.29) is 0 Å². The van der Waals surface area contributed by atoms with E-state index in [4.69, 9.17) is 4.74 Å². The first-order valence-electron chi connectivity index (χ1n) is 5.89. The van der Waals surface area contributed by atoms with Crippen LogP contribution in [0.2, 0.25) is 0 Å². The Kier molecular flexibility index (Phi) is 3.19. The predicted molar refractivity (Wildman–Crippen MR) is 64.1 cm³/mol. The molecule has 3 heteroatoms. The Bertz CT molecular complexity index is 414. The molecule has 2 rings (SSSR count). The van der Waals surface area contributed by atoms with E-state index in [1.165, 1.54) is 0 Å². The first kappa shape index (κ1) is 12.1. The molecule has 1 aromatic rings. The Hall–Kier alpha value is -1.37. The molecule has 1 unspecified atom stereocenters. The summed E-state index contributed by atoms with van der Waals surface area (Å²) in [4.78, 5) is 0. The van der Waals surface area contributed by atoms with E-state index in [0.29, 0.717) is 26.1 Å². The summed E-state index contributed by atoms with van der Waals surface area (Å²) in [6.07, 6.45) is 1.15. The van der Waals surface area contributed by atoms with Crippen LogP contribution in [0.4, 0.5) is 0 Å². The van der Waals surface area contributed by atoms with Crippen LogP contribution in [0.25, 0.3) is 0 Å². The number of aliphatic hydroxyl groups is 1. The first-order valence-corrected chi connectivity index (χ1v) is 5.89. The summed E-state index contributed by atoms with van der Waals surface area (Å²) in [6, 6.07) is 11.7. The molecule has 0 aliphatic carbocycles. The highest BCUT2D eigenvalue weighted by Gasteiger charge is 2.49. The van der Waals surface area contributed by atoms with Crippen molar-refractivity contribution in [2.45, 2.75) is 25.4 Å². The SMILES string of the molecule is CC(O)(c1ccccc1)C1(C#N)CCOCC1. The molecular formula is C14H17NO2. The minimum atomic E-state index is -1.13. The molecule has 0 spiro atoms. The van der Waals surface area contributed by atoms with Gasteiger partial charge in [0.1, 0.15) is 5.60 Å². The minimum absolute atomic E-state index is 0.538. The number of rotatable bonds is 2. The molecule has 17 heavy (non-hydrogen) atoms. The second kappa shape index (κ2) is 4.48. The molecule has 1 aromatic carbocycles. The van der Waals surface area contributed by atoms with Gasteiger partial charge in [-0.15, -0.1) is 0 Å². The standard InChI is InChI=1S/C14H17NO2/c1-13(16,12-5-3-2-4-6-12)14(11-15)7-9-17-10-8-14/h2-6,16H,7-10H2,1H3.